The number of urea groups is 1. The molecule has 2 aliphatic rings. The number of anilines is 1. The van der Waals surface area contributed by atoms with E-state index in [0.717, 1.165) is 56.6 Å². The van der Waals surface area contributed by atoms with E-state index in [1.165, 1.54) is 0 Å². The van der Waals surface area contributed by atoms with Crippen LogP contribution in [-0.2, 0) is 4.79 Å². The highest BCUT2D eigenvalue weighted by Gasteiger charge is 2.30. The molecule has 0 bridgehead atoms. The van der Waals surface area contributed by atoms with Crippen molar-refractivity contribution in [3.63, 3.8) is 0 Å². The largest absolute Gasteiger partial charge is 0.378 e. The molecular formula is C19H28N4O2. The first-order chi connectivity index (χ1) is 12.1. The van der Waals surface area contributed by atoms with E-state index in [9.17, 15) is 9.59 Å². The Labute approximate surface area is 149 Å². The SMILES string of the molecule is CN(C)c1cccc([C@H]2CCCN2C(=O)NCC(=O)N2CCCC2)c1. The van der Waals surface area contributed by atoms with Gasteiger partial charge in [-0.2, -0.15) is 0 Å². The molecule has 3 rings (SSSR count). The van der Waals surface area contributed by atoms with Gasteiger partial charge in [0.25, 0.3) is 0 Å². The number of likely N-dealkylation sites (tertiary alicyclic amines) is 2. The third-order valence-electron chi connectivity index (χ3n) is 5.13. The van der Waals surface area contributed by atoms with E-state index in [1.54, 1.807) is 0 Å². The second kappa shape index (κ2) is 7.76. The zero-order valence-electron chi connectivity index (χ0n) is 15.2. The molecule has 1 atom stereocenters. The summed E-state index contributed by atoms with van der Waals surface area (Å²) >= 11 is 0. The van der Waals surface area contributed by atoms with Gasteiger partial charge in [-0.05, 0) is 43.4 Å². The minimum atomic E-state index is -0.134. The summed E-state index contributed by atoms with van der Waals surface area (Å²) in [5, 5.41) is 2.82. The first kappa shape index (κ1) is 17.6. The summed E-state index contributed by atoms with van der Waals surface area (Å²) < 4.78 is 0. The van der Waals surface area contributed by atoms with Crippen LogP contribution < -0.4 is 10.2 Å². The number of nitrogens with zero attached hydrogens (tertiary/aromatic N) is 3. The average molecular weight is 344 g/mol. The molecule has 0 aliphatic carbocycles. The fourth-order valence-corrected chi connectivity index (χ4v) is 3.70. The average Bonchev–Trinajstić information content (AvgIpc) is 3.30. The number of amides is 3. The minimum absolute atomic E-state index is 0.0243. The van der Waals surface area contributed by atoms with Crippen LogP contribution in [0.5, 0.6) is 0 Å². The second-order valence-electron chi connectivity index (χ2n) is 7.09. The maximum absolute atomic E-state index is 12.6. The van der Waals surface area contributed by atoms with Crippen LogP contribution in [0.3, 0.4) is 0 Å². The number of benzene rings is 1. The van der Waals surface area contributed by atoms with E-state index >= 15 is 0 Å². The third-order valence-corrected chi connectivity index (χ3v) is 5.13. The van der Waals surface area contributed by atoms with Gasteiger partial charge in [-0.3, -0.25) is 4.79 Å². The highest BCUT2D eigenvalue weighted by Crippen LogP contribution is 2.33. The summed E-state index contributed by atoms with van der Waals surface area (Å²) in [4.78, 5) is 30.5. The molecule has 6 heteroatoms. The Morgan fingerprint density at radius 3 is 2.64 bits per heavy atom. The van der Waals surface area contributed by atoms with Gasteiger partial charge in [0.05, 0.1) is 12.6 Å². The summed E-state index contributed by atoms with van der Waals surface area (Å²) in [5.74, 6) is 0.0243. The van der Waals surface area contributed by atoms with Crippen LogP contribution in [0.15, 0.2) is 24.3 Å². The molecule has 0 spiro atoms. The van der Waals surface area contributed by atoms with Gasteiger partial charge in [0.15, 0.2) is 0 Å². The summed E-state index contributed by atoms with van der Waals surface area (Å²) in [6.07, 6.45) is 4.08. The first-order valence-corrected chi connectivity index (χ1v) is 9.16. The maximum Gasteiger partial charge on any atom is 0.318 e. The summed E-state index contributed by atoms with van der Waals surface area (Å²) in [5.41, 5.74) is 2.29. The fourth-order valence-electron chi connectivity index (χ4n) is 3.70. The standard InChI is InChI=1S/C19H28N4O2/c1-21(2)16-8-5-7-15(13-16)17-9-6-12-23(17)19(25)20-14-18(24)22-10-3-4-11-22/h5,7-8,13,17H,3-4,6,9-12,14H2,1-2H3,(H,20,25)/t17-/m1/s1. The molecule has 0 saturated carbocycles. The highest BCUT2D eigenvalue weighted by atomic mass is 16.2. The van der Waals surface area contributed by atoms with E-state index in [2.05, 4.69) is 28.4 Å². The zero-order chi connectivity index (χ0) is 17.8. The number of rotatable bonds is 4. The molecule has 136 valence electrons. The van der Waals surface area contributed by atoms with Crippen molar-refractivity contribution in [1.29, 1.82) is 0 Å². The number of hydrogen-bond acceptors (Lipinski definition) is 3. The van der Waals surface area contributed by atoms with Crippen molar-refractivity contribution < 1.29 is 9.59 Å². The van der Waals surface area contributed by atoms with Gasteiger partial charge in [0.2, 0.25) is 5.91 Å². The van der Waals surface area contributed by atoms with Crippen molar-refractivity contribution in [2.24, 2.45) is 0 Å². The monoisotopic (exact) mass is 344 g/mol. The Balaban J connectivity index is 1.61. The van der Waals surface area contributed by atoms with Crippen molar-refractivity contribution in [2.45, 2.75) is 31.7 Å². The van der Waals surface area contributed by atoms with Crippen LogP contribution in [-0.4, -0.2) is 62.0 Å². The predicted octanol–water partition coefficient (Wildman–Crippen LogP) is 2.22. The molecule has 1 aromatic rings. The van der Waals surface area contributed by atoms with E-state index < -0.39 is 0 Å². The topological polar surface area (TPSA) is 55.9 Å². The van der Waals surface area contributed by atoms with Gasteiger partial charge >= 0.3 is 6.03 Å². The van der Waals surface area contributed by atoms with Crippen molar-refractivity contribution in [2.75, 3.05) is 45.2 Å². The lowest BCUT2D eigenvalue weighted by molar-refractivity contribution is -0.129. The van der Waals surface area contributed by atoms with Crippen molar-refractivity contribution >= 4 is 17.6 Å². The molecular weight excluding hydrogens is 316 g/mol. The molecule has 2 fully saturated rings. The van der Waals surface area contributed by atoms with E-state index in [-0.39, 0.29) is 24.5 Å². The van der Waals surface area contributed by atoms with Gasteiger partial charge in [0.1, 0.15) is 0 Å². The Kier molecular flexibility index (Phi) is 5.46. The number of nitrogens with one attached hydrogen (secondary N) is 1. The molecule has 3 amide bonds. The van der Waals surface area contributed by atoms with Crippen LogP contribution in [0.25, 0.3) is 0 Å². The maximum atomic E-state index is 12.6. The van der Waals surface area contributed by atoms with E-state index in [4.69, 9.17) is 0 Å². The Morgan fingerprint density at radius 1 is 1.16 bits per heavy atom. The third kappa shape index (κ3) is 4.06. The number of hydrogen-bond donors (Lipinski definition) is 1. The predicted molar refractivity (Wildman–Crippen MR) is 98.7 cm³/mol. The van der Waals surface area contributed by atoms with Crippen LogP contribution in [0.2, 0.25) is 0 Å². The van der Waals surface area contributed by atoms with Gasteiger partial charge in [-0.1, -0.05) is 12.1 Å². The molecule has 1 aromatic carbocycles. The Morgan fingerprint density at radius 2 is 1.92 bits per heavy atom. The summed E-state index contributed by atoms with van der Waals surface area (Å²) in [6.45, 7) is 2.47. The molecule has 2 saturated heterocycles. The minimum Gasteiger partial charge on any atom is -0.378 e. The molecule has 1 N–H and O–H groups in total. The summed E-state index contributed by atoms with van der Waals surface area (Å²) in [6, 6.07) is 8.28. The van der Waals surface area contributed by atoms with Crippen molar-refractivity contribution in [3.8, 4) is 0 Å². The summed E-state index contributed by atoms with van der Waals surface area (Å²) in [7, 11) is 4.03. The van der Waals surface area contributed by atoms with Crippen LogP contribution in [0, 0.1) is 0 Å². The molecule has 0 unspecified atom stereocenters. The van der Waals surface area contributed by atoms with E-state index in [1.807, 2.05) is 30.0 Å². The lowest BCUT2D eigenvalue weighted by Crippen LogP contribution is -2.44. The van der Waals surface area contributed by atoms with E-state index in [0.29, 0.717) is 0 Å². The second-order valence-corrected chi connectivity index (χ2v) is 7.09. The molecule has 0 aromatic heterocycles. The smallest absolute Gasteiger partial charge is 0.318 e. The Hall–Kier alpha value is -2.24. The molecule has 6 nitrogen and oxygen atoms in total. The van der Waals surface area contributed by atoms with Gasteiger partial charge in [-0.15, -0.1) is 0 Å². The molecule has 25 heavy (non-hydrogen) atoms. The van der Waals surface area contributed by atoms with Crippen LogP contribution >= 0.6 is 0 Å². The number of carbonyl (C=O) groups is 2. The Bertz CT molecular complexity index is 626. The van der Waals surface area contributed by atoms with Gasteiger partial charge in [-0.25, -0.2) is 4.79 Å². The molecule has 0 radical (unpaired) electrons. The number of carbonyl (C=O) groups excluding carboxylic acids is 2. The molecule has 2 aliphatic heterocycles. The van der Waals surface area contributed by atoms with Crippen LogP contribution in [0.4, 0.5) is 10.5 Å². The van der Waals surface area contributed by atoms with Gasteiger partial charge in [0, 0.05) is 39.4 Å². The van der Waals surface area contributed by atoms with Crippen LogP contribution in [0.1, 0.15) is 37.3 Å². The fraction of sp³-hybridized carbons (Fsp3) is 0.579. The quantitative estimate of drug-likeness (QED) is 0.911. The molecule has 2 heterocycles. The normalized spacial score (nSPS) is 20.0. The first-order valence-electron chi connectivity index (χ1n) is 9.16. The lowest BCUT2D eigenvalue weighted by atomic mass is 10.0. The van der Waals surface area contributed by atoms with Crippen molar-refractivity contribution in [3.05, 3.63) is 29.8 Å². The van der Waals surface area contributed by atoms with Crippen molar-refractivity contribution in [1.82, 2.24) is 15.1 Å². The lowest BCUT2D eigenvalue weighted by Gasteiger charge is -2.26. The van der Waals surface area contributed by atoms with Gasteiger partial charge < -0.3 is 20.0 Å². The zero-order valence-corrected chi connectivity index (χ0v) is 15.2. The highest BCUT2D eigenvalue weighted by molar-refractivity contribution is 5.84.